The monoisotopic (exact) mass is 255 g/mol. The van der Waals surface area contributed by atoms with Crippen molar-refractivity contribution in [3.8, 4) is 0 Å². The third-order valence-corrected chi connectivity index (χ3v) is 4.51. The summed E-state index contributed by atoms with van der Waals surface area (Å²) in [5.41, 5.74) is 0. The molecule has 1 heterocycles. The molecular formula is C12H17NOS2. The predicted octanol–water partition coefficient (Wildman–Crippen LogP) is 3.44. The number of rotatable bonds is 3. The first-order valence-corrected chi connectivity index (χ1v) is 7.13. The SMILES string of the molecule is CCN(C(=O)c1cc(S)cs1)C1CCCC1. The van der Waals surface area contributed by atoms with Gasteiger partial charge in [0.05, 0.1) is 4.88 Å². The smallest absolute Gasteiger partial charge is 0.264 e. The number of hydrogen-bond acceptors (Lipinski definition) is 3. The van der Waals surface area contributed by atoms with E-state index in [-0.39, 0.29) is 5.91 Å². The van der Waals surface area contributed by atoms with Crippen LogP contribution in [0.1, 0.15) is 42.3 Å². The molecule has 1 aliphatic rings. The molecule has 0 saturated heterocycles. The highest BCUT2D eigenvalue weighted by atomic mass is 32.1. The van der Waals surface area contributed by atoms with Crippen LogP contribution in [0, 0.1) is 0 Å². The van der Waals surface area contributed by atoms with E-state index in [4.69, 9.17) is 0 Å². The van der Waals surface area contributed by atoms with Crippen molar-refractivity contribution in [2.24, 2.45) is 0 Å². The molecule has 1 fully saturated rings. The Labute approximate surface area is 106 Å². The summed E-state index contributed by atoms with van der Waals surface area (Å²) in [6.45, 7) is 2.87. The van der Waals surface area contributed by atoms with Crippen LogP contribution in [0.15, 0.2) is 16.3 Å². The van der Waals surface area contributed by atoms with Gasteiger partial charge in [-0.05, 0) is 25.8 Å². The van der Waals surface area contributed by atoms with Gasteiger partial charge in [-0.25, -0.2) is 0 Å². The zero-order valence-electron chi connectivity index (χ0n) is 9.48. The number of carbonyl (C=O) groups is 1. The van der Waals surface area contributed by atoms with Crippen molar-refractivity contribution in [2.75, 3.05) is 6.54 Å². The lowest BCUT2D eigenvalue weighted by Crippen LogP contribution is -2.38. The predicted molar refractivity (Wildman–Crippen MR) is 70.5 cm³/mol. The van der Waals surface area contributed by atoms with Crippen LogP contribution in [-0.4, -0.2) is 23.4 Å². The third kappa shape index (κ3) is 2.43. The Kier molecular flexibility index (Phi) is 3.92. The first-order chi connectivity index (χ1) is 7.72. The van der Waals surface area contributed by atoms with Gasteiger partial charge < -0.3 is 4.90 Å². The van der Waals surface area contributed by atoms with Gasteiger partial charge in [-0.15, -0.1) is 24.0 Å². The fourth-order valence-electron chi connectivity index (χ4n) is 2.36. The molecule has 0 radical (unpaired) electrons. The molecular weight excluding hydrogens is 238 g/mol. The van der Waals surface area contributed by atoms with E-state index in [2.05, 4.69) is 19.6 Å². The molecule has 2 nitrogen and oxygen atoms in total. The molecule has 0 spiro atoms. The van der Waals surface area contributed by atoms with Crippen LogP contribution in [0.2, 0.25) is 0 Å². The molecule has 0 aromatic carbocycles. The van der Waals surface area contributed by atoms with Crippen molar-refractivity contribution in [2.45, 2.75) is 43.5 Å². The average molecular weight is 255 g/mol. The second-order valence-electron chi connectivity index (χ2n) is 4.20. The standard InChI is InChI=1S/C12H17NOS2/c1-2-13(9-5-3-4-6-9)12(14)11-7-10(15)8-16-11/h7-9,15H,2-6H2,1H3. The third-order valence-electron chi connectivity index (χ3n) is 3.16. The first-order valence-electron chi connectivity index (χ1n) is 5.81. The lowest BCUT2D eigenvalue weighted by molar-refractivity contribution is 0.0698. The molecule has 1 amide bonds. The van der Waals surface area contributed by atoms with Crippen LogP contribution in [0.5, 0.6) is 0 Å². The zero-order valence-corrected chi connectivity index (χ0v) is 11.2. The van der Waals surface area contributed by atoms with Gasteiger partial charge in [-0.1, -0.05) is 12.8 Å². The van der Waals surface area contributed by atoms with Crippen LogP contribution in [-0.2, 0) is 0 Å². The minimum Gasteiger partial charge on any atom is -0.335 e. The Morgan fingerprint density at radius 1 is 1.56 bits per heavy atom. The number of thiophene rings is 1. The van der Waals surface area contributed by atoms with Crippen LogP contribution >= 0.6 is 24.0 Å². The highest BCUT2D eigenvalue weighted by Crippen LogP contribution is 2.26. The Morgan fingerprint density at radius 2 is 2.25 bits per heavy atom. The van der Waals surface area contributed by atoms with Crippen molar-refractivity contribution in [1.29, 1.82) is 0 Å². The number of thiol groups is 1. The van der Waals surface area contributed by atoms with E-state index < -0.39 is 0 Å². The van der Waals surface area contributed by atoms with Crippen LogP contribution in [0.25, 0.3) is 0 Å². The van der Waals surface area contributed by atoms with Crippen molar-refractivity contribution in [1.82, 2.24) is 4.90 Å². The quantitative estimate of drug-likeness (QED) is 0.820. The fraction of sp³-hybridized carbons (Fsp3) is 0.583. The van der Waals surface area contributed by atoms with Gasteiger partial charge >= 0.3 is 0 Å². The number of amides is 1. The van der Waals surface area contributed by atoms with Gasteiger partial charge in [0.1, 0.15) is 0 Å². The molecule has 1 saturated carbocycles. The zero-order chi connectivity index (χ0) is 11.5. The van der Waals surface area contributed by atoms with Gasteiger partial charge in [-0.2, -0.15) is 0 Å². The van der Waals surface area contributed by atoms with Crippen molar-refractivity contribution >= 4 is 29.9 Å². The Hall–Kier alpha value is -0.480. The van der Waals surface area contributed by atoms with E-state index in [0.29, 0.717) is 6.04 Å². The van der Waals surface area contributed by atoms with E-state index in [0.717, 1.165) is 16.3 Å². The van der Waals surface area contributed by atoms with Gasteiger partial charge in [0.2, 0.25) is 0 Å². The second-order valence-corrected chi connectivity index (χ2v) is 5.63. The summed E-state index contributed by atoms with van der Waals surface area (Å²) in [7, 11) is 0. The van der Waals surface area contributed by atoms with E-state index in [1.54, 1.807) is 0 Å². The van der Waals surface area contributed by atoms with Crippen molar-refractivity contribution in [3.63, 3.8) is 0 Å². The molecule has 1 aliphatic carbocycles. The first kappa shape index (κ1) is 12.0. The maximum atomic E-state index is 12.3. The minimum absolute atomic E-state index is 0.180. The van der Waals surface area contributed by atoms with Crippen molar-refractivity contribution < 1.29 is 4.79 Å². The molecule has 2 rings (SSSR count). The van der Waals surface area contributed by atoms with E-state index in [9.17, 15) is 4.79 Å². The van der Waals surface area contributed by atoms with Gasteiger partial charge in [0.15, 0.2) is 0 Å². The molecule has 0 unspecified atom stereocenters. The lowest BCUT2D eigenvalue weighted by atomic mass is 10.2. The van der Waals surface area contributed by atoms with Crippen LogP contribution in [0.4, 0.5) is 0 Å². The molecule has 0 bridgehead atoms. The van der Waals surface area contributed by atoms with Gasteiger partial charge in [0, 0.05) is 22.9 Å². The molecule has 1 aromatic heterocycles. The van der Waals surface area contributed by atoms with Gasteiger partial charge in [-0.3, -0.25) is 4.79 Å². The summed E-state index contributed by atoms with van der Waals surface area (Å²) >= 11 is 5.74. The second kappa shape index (κ2) is 5.23. The maximum Gasteiger partial charge on any atom is 0.264 e. The highest BCUT2D eigenvalue weighted by molar-refractivity contribution is 7.80. The molecule has 88 valence electrons. The van der Waals surface area contributed by atoms with E-state index in [1.165, 1.54) is 37.0 Å². The molecule has 0 atom stereocenters. The Balaban J connectivity index is 2.11. The highest BCUT2D eigenvalue weighted by Gasteiger charge is 2.26. The van der Waals surface area contributed by atoms with Gasteiger partial charge in [0.25, 0.3) is 5.91 Å². The summed E-state index contributed by atoms with van der Waals surface area (Å²) < 4.78 is 0. The Bertz CT molecular complexity index is 369. The average Bonchev–Trinajstić information content (AvgIpc) is 2.90. The molecule has 1 aromatic rings. The topological polar surface area (TPSA) is 20.3 Å². The fourth-order valence-corrected chi connectivity index (χ4v) is 3.47. The number of carbonyl (C=O) groups excluding carboxylic acids is 1. The number of nitrogens with zero attached hydrogens (tertiary/aromatic N) is 1. The van der Waals surface area contributed by atoms with E-state index >= 15 is 0 Å². The molecule has 4 heteroatoms. The maximum absolute atomic E-state index is 12.3. The summed E-state index contributed by atoms with van der Waals surface area (Å²) in [6.07, 6.45) is 4.85. The normalized spacial score (nSPS) is 16.6. The summed E-state index contributed by atoms with van der Waals surface area (Å²) in [5, 5.41) is 1.92. The molecule has 16 heavy (non-hydrogen) atoms. The van der Waals surface area contributed by atoms with E-state index in [1.807, 2.05) is 16.3 Å². The summed E-state index contributed by atoms with van der Waals surface area (Å²) in [6, 6.07) is 2.33. The van der Waals surface area contributed by atoms with Crippen LogP contribution in [0.3, 0.4) is 0 Å². The minimum atomic E-state index is 0.180. The number of hydrogen-bond donors (Lipinski definition) is 1. The molecule has 0 aliphatic heterocycles. The Morgan fingerprint density at radius 3 is 2.75 bits per heavy atom. The summed E-state index contributed by atoms with van der Waals surface area (Å²) in [5.74, 6) is 0.180. The molecule has 0 N–H and O–H groups in total. The summed E-state index contributed by atoms with van der Waals surface area (Å²) in [4.78, 5) is 16.0. The van der Waals surface area contributed by atoms with Crippen LogP contribution < -0.4 is 0 Å². The van der Waals surface area contributed by atoms with Crippen molar-refractivity contribution in [3.05, 3.63) is 16.3 Å². The lowest BCUT2D eigenvalue weighted by Gasteiger charge is -2.27. The largest absolute Gasteiger partial charge is 0.335 e.